The minimum absolute atomic E-state index is 0.170. The predicted molar refractivity (Wildman–Crippen MR) is 76.0 cm³/mol. The topological polar surface area (TPSA) is 12.0 Å². The molecule has 0 aliphatic carbocycles. The molecule has 0 spiro atoms. The van der Waals surface area contributed by atoms with Crippen molar-refractivity contribution in [3.8, 4) is 0 Å². The monoisotopic (exact) mass is 251 g/mol. The van der Waals surface area contributed by atoms with Gasteiger partial charge >= 0.3 is 0 Å². The van der Waals surface area contributed by atoms with Crippen LogP contribution in [0.25, 0.3) is 0 Å². The Balaban J connectivity index is 2.80. The van der Waals surface area contributed by atoms with Crippen LogP contribution in [-0.4, -0.2) is 6.04 Å². The zero-order valence-corrected chi connectivity index (χ0v) is 12.2. The van der Waals surface area contributed by atoms with Gasteiger partial charge in [0.2, 0.25) is 0 Å². The van der Waals surface area contributed by atoms with Crippen LogP contribution in [-0.2, 0) is 0 Å². The Kier molecular flexibility index (Phi) is 5.80. The van der Waals surface area contributed by atoms with Gasteiger partial charge < -0.3 is 5.32 Å². The van der Waals surface area contributed by atoms with Gasteiger partial charge in [-0.1, -0.05) is 46.2 Å². The van der Waals surface area contributed by atoms with E-state index in [2.05, 4.69) is 39.9 Å². The van der Waals surface area contributed by atoms with Gasteiger partial charge in [-0.05, 0) is 36.5 Å². The highest BCUT2D eigenvalue weighted by atomic mass is 19.1. The standard InChI is InChI=1S/C16H26FN/c1-6-12(4)13(5)18-16(11(2)3)14-7-9-15(17)10-8-14/h7-13,16,18H,6H2,1-5H3. The van der Waals surface area contributed by atoms with Gasteiger partial charge in [-0.2, -0.15) is 0 Å². The summed E-state index contributed by atoms with van der Waals surface area (Å²) in [5.41, 5.74) is 1.17. The second-order valence-corrected chi connectivity index (χ2v) is 5.61. The molecule has 1 rings (SSSR count). The first-order valence-corrected chi connectivity index (χ1v) is 6.97. The first kappa shape index (κ1) is 15.2. The lowest BCUT2D eigenvalue weighted by molar-refractivity contribution is 0.308. The minimum Gasteiger partial charge on any atom is -0.307 e. The molecule has 3 unspecified atom stereocenters. The summed E-state index contributed by atoms with van der Waals surface area (Å²) in [5, 5.41) is 3.68. The predicted octanol–water partition coefficient (Wildman–Crippen LogP) is 4.55. The molecule has 18 heavy (non-hydrogen) atoms. The van der Waals surface area contributed by atoms with Gasteiger partial charge in [0.25, 0.3) is 0 Å². The van der Waals surface area contributed by atoms with Crippen LogP contribution < -0.4 is 5.32 Å². The number of rotatable bonds is 6. The third-order valence-corrected chi connectivity index (χ3v) is 3.84. The highest BCUT2D eigenvalue weighted by Crippen LogP contribution is 2.24. The highest BCUT2D eigenvalue weighted by molar-refractivity contribution is 5.20. The third kappa shape index (κ3) is 4.09. The molecule has 0 aliphatic rings. The van der Waals surface area contributed by atoms with E-state index in [0.29, 0.717) is 17.9 Å². The van der Waals surface area contributed by atoms with Crippen LogP contribution in [0, 0.1) is 17.7 Å². The summed E-state index contributed by atoms with van der Waals surface area (Å²) < 4.78 is 13.0. The number of halogens is 1. The quantitative estimate of drug-likeness (QED) is 0.782. The molecule has 2 heteroatoms. The molecule has 0 aromatic heterocycles. The van der Waals surface area contributed by atoms with E-state index in [1.54, 1.807) is 12.1 Å². The lowest BCUT2D eigenvalue weighted by atomic mass is 9.92. The first-order valence-electron chi connectivity index (χ1n) is 6.97. The van der Waals surface area contributed by atoms with Crippen LogP contribution in [0.15, 0.2) is 24.3 Å². The maximum atomic E-state index is 13.0. The Morgan fingerprint density at radius 2 is 1.61 bits per heavy atom. The van der Waals surface area contributed by atoms with E-state index < -0.39 is 0 Å². The van der Waals surface area contributed by atoms with Gasteiger partial charge in [0.05, 0.1) is 0 Å². The molecule has 0 fully saturated rings. The smallest absolute Gasteiger partial charge is 0.123 e. The Hall–Kier alpha value is -0.890. The van der Waals surface area contributed by atoms with Crippen LogP contribution in [0.1, 0.15) is 52.6 Å². The lowest BCUT2D eigenvalue weighted by Crippen LogP contribution is -2.37. The molecule has 0 saturated heterocycles. The second kappa shape index (κ2) is 6.89. The lowest BCUT2D eigenvalue weighted by Gasteiger charge is -2.30. The average Bonchev–Trinajstić information content (AvgIpc) is 2.35. The summed E-state index contributed by atoms with van der Waals surface area (Å²) in [7, 11) is 0. The van der Waals surface area contributed by atoms with Crippen molar-refractivity contribution in [3.05, 3.63) is 35.6 Å². The molecule has 3 atom stereocenters. The van der Waals surface area contributed by atoms with Crippen molar-refractivity contribution in [2.75, 3.05) is 0 Å². The molecular weight excluding hydrogens is 225 g/mol. The van der Waals surface area contributed by atoms with Crippen molar-refractivity contribution in [2.24, 2.45) is 11.8 Å². The zero-order valence-electron chi connectivity index (χ0n) is 12.2. The van der Waals surface area contributed by atoms with Gasteiger partial charge in [0.1, 0.15) is 5.82 Å². The number of hydrogen-bond acceptors (Lipinski definition) is 1. The highest BCUT2D eigenvalue weighted by Gasteiger charge is 2.20. The summed E-state index contributed by atoms with van der Waals surface area (Å²) in [4.78, 5) is 0. The fraction of sp³-hybridized carbons (Fsp3) is 0.625. The van der Waals surface area contributed by atoms with Gasteiger partial charge in [0.15, 0.2) is 0 Å². The molecule has 0 aliphatic heterocycles. The molecule has 0 amide bonds. The van der Waals surface area contributed by atoms with Crippen molar-refractivity contribution >= 4 is 0 Å². The molecule has 1 nitrogen and oxygen atoms in total. The Morgan fingerprint density at radius 3 is 2.06 bits per heavy atom. The zero-order chi connectivity index (χ0) is 13.7. The minimum atomic E-state index is -0.170. The van der Waals surface area contributed by atoms with E-state index >= 15 is 0 Å². The van der Waals surface area contributed by atoms with Crippen LogP contribution in [0.3, 0.4) is 0 Å². The molecule has 1 aromatic carbocycles. The van der Waals surface area contributed by atoms with Crippen LogP contribution >= 0.6 is 0 Å². The normalized spacial score (nSPS) is 16.6. The SMILES string of the molecule is CCC(C)C(C)NC(c1ccc(F)cc1)C(C)C. The van der Waals surface area contributed by atoms with Crippen molar-refractivity contribution in [2.45, 2.75) is 53.1 Å². The average molecular weight is 251 g/mol. The summed E-state index contributed by atoms with van der Waals surface area (Å²) in [6.07, 6.45) is 1.17. The molecule has 0 heterocycles. The van der Waals surface area contributed by atoms with Crippen molar-refractivity contribution in [3.63, 3.8) is 0 Å². The van der Waals surface area contributed by atoms with Gasteiger partial charge in [0, 0.05) is 12.1 Å². The van der Waals surface area contributed by atoms with E-state index in [0.717, 1.165) is 0 Å². The largest absolute Gasteiger partial charge is 0.307 e. The summed E-state index contributed by atoms with van der Waals surface area (Å²) in [5.74, 6) is 0.963. The fourth-order valence-electron chi connectivity index (χ4n) is 2.14. The summed E-state index contributed by atoms with van der Waals surface area (Å²) >= 11 is 0. The molecule has 0 radical (unpaired) electrons. The van der Waals surface area contributed by atoms with E-state index in [-0.39, 0.29) is 11.9 Å². The molecule has 1 N–H and O–H groups in total. The van der Waals surface area contributed by atoms with Crippen molar-refractivity contribution < 1.29 is 4.39 Å². The van der Waals surface area contributed by atoms with Gasteiger partial charge in [-0.3, -0.25) is 0 Å². The van der Waals surface area contributed by atoms with Crippen LogP contribution in [0.4, 0.5) is 4.39 Å². The molecule has 0 bridgehead atoms. The summed E-state index contributed by atoms with van der Waals surface area (Å²) in [6.45, 7) is 11.1. The third-order valence-electron chi connectivity index (χ3n) is 3.84. The molecule has 0 saturated carbocycles. The van der Waals surface area contributed by atoms with Crippen molar-refractivity contribution in [1.29, 1.82) is 0 Å². The molecule has 102 valence electrons. The maximum Gasteiger partial charge on any atom is 0.123 e. The fourth-order valence-corrected chi connectivity index (χ4v) is 2.14. The van der Waals surface area contributed by atoms with Gasteiger partial charge in [-0.25, -0.2) is 4.39 Å². The maximum absolute atomic E-state index is 13.0. The van der Waals surface area contributed by atoms with E-state index in [9.17, 15) is 4.39 Å². The van der Waals surface area contributed by atoms with Crippen LogP contribution in [0.5, 0.6) is 0 Å². The number of hydrogen-bond donors (Lipinski definition) is 1. The van der Waals surface area contributed by atoms with E-state index in [1.165, 1.54) is 12.0 Å². The number of benzene rings is 1. The molecule has 1 aromatic rings. The Morgan fingerprint density at radius 1 is 1.06 bits per heavy atom. The summed E-state index contributed by atoms with van der Waals surface area (Å²) in [6, 6.07) is 7.61. The van der Waals surface area contributed by atoms with E-state index in [4.69, 9.17) is 0 Å². The van der Waals surface area contributed by atoms with Crippen molar-refractivity contribution in [1.82, 2.24) is 5.32 Å². The number of nitrogens with one attached hydrogen (secondary N) is 1. The van der Waals surface area contributed by atoms with E-state index in [1.807, 2.05) is 12.1 Å². The Bertz CT molecular complexity index is 345. The second-order valence-electron chi connectivity index (χ2n) is 5.61. The van der Waals surface area contributed by atoms with Crippen LogP contribution in [0.2, 0.25) is 0 Å². The first-order chi connectivity index (χ1) is 8.45. The Labute approximate surface area is 111 Å². The molecular formula is C16H26FN. The van der Waals surface area contributed by atoms with Gasteiger partial charge in [-0.15, -0.1) is 0 Å².